The van der Waals surface area contributed by atoms with E-state index >= 15 is 0 Å². The average Bonchev–Trinajstić information content (AvgIpc) is 2.47. The zero-order chi connectivity index (χ0) is 13.9. The summed E-state index contributed by atoms with van der Waals surface area (Å²) >= 11 is 0. The van der Waals surface area contributed by atoms with Crippen LogP contribution in [-0.2, 0) is 9.53 Å². The molecule has 0 aliphatic carbocycles. The summed E-state index contributed by atoms with van der Waals surface area (Å²) < 4.78 is 4.83. The third kappa shape index (κ3) is 2.21. The molecule has 2 aromatic carbocycles. The topological polar surface area (TPSA) is 51.2 Å². The minimum atomic E-state index is -0.173. The van der Waals surface area contributed by atoms with Crippen LogP contribution in [0.5, 0.6) is 0 Å². The number of ether oxygens (including phenoxy) is 1. The van der Waals surface area contributed by atoms with E-state index in [9.17, 15) is 4.79 Å². The highest BCUT2D eigenvalue weighted by atomic mass is 16.5. The first-order valence-electron chi connectivity index (χ1n) is 6.35. The quantitative estimate of drug-likeness (QED) is 0.741. The minimum Gasteiger partial charge on any atom is -0.375 e. The van der Waals surface area contributed by atoms with Gasteiger partial charge in [-0.2, -0.15) is 0 Å². The summed E-state index contributed by atoms with van der Waals surface area (Å²) in [6.45, 7) is 0.0391. The molecule has 0 saturated heterocycles. The SMILES string of the molecule is COCC(=O)Nc1ccnc2c1ccc1ccccc12. The molecule has 0 aliphatic rings. The van der Waals surface area contributed by atoms with E-state index in [4.69, 9.17) is 4.74 Å². The van der Waals surface area contributed by atoms with Gasteiger partial charge in [-0.05, 0) is 11.5 Å². The van der Waals surface area contributed by atoms with E-state index in [0.29, 0.717) is 0 Å². The van der Waals surface area contributed by atoms with Crippen LogP contribution < -0.4 is 5.32 Å². The minimum absolute atomic E-state index is 0.0391. The number of aromatic nitrogens is 1. The van der Waals surface area contributed by atoms with Crippen molar-refractivity contribution in [2.75, 3.05) is 19.0 Å². The Morgan fingerprint density at radius 2 is 2.00 bits per heavy atom. The van der Waals surface area contributed by atoms with Crippen LogP contribution in [-0.4, -0.2) is 24.6 Å². The molecule has 0 atom stereocenters. The standard InChI is InChI=1S/C16H14N2O2/c1-20-10-15(19)18-14-8-9-17-16-12-5-3-2-4-11(12)6-7-13(14)16/h2-9H,10H2,1H3,(H,17,18,19). The van der Waals surface area contributed by atoms with E-state index < -0.39 is 0 Å². The summed E-state index contributed by atoms with van der Waals surface area (Å²) in [5.41, 5.74) is 1.64. The molecule has 0 radical (unpaired) electrons. The highest BCUT2D eigenvalue weighted by Crippen LogP contribution is 2.28. The molecule has 1 aromatic heterocycles. The van der Waals surface area contributed by atoms with Crippen LogP contribution in [0, 0.1) is 0 Å². The van der Waals surface area contributed by atoms with Crippen LogP contribution >= 0.6 is 0 Å². The second-order valence-corrected chi connectivity index (χ2v) is 4.52. The van der Waals surface area contributed by atoms with Crippen molar-refractivity contribution in [3.63, 3.8) is 0 Å². The van der Waals surface area contributed by atoms with E-state index in [1.165, 1.54) is 7.11 Å². The van der Waals surface area contributed by atoms with Gasteiger partial charge in [0.05, 0.1) is 11.2 Å². The van der Waals surface area contributed by atoms with Crippen molar-refractivity contribution in [2.45, 2.75) is 0 Å². The number of nitrogens with zero attached hydrogens (tertiary/aromatic N) is 1. The molecule has 3 rings (SSSR count). The Hall–Kier alpha value is -2.46. The molecule has 4 heteroatoms. The van der Waals surface area contributed by atoms with Gasteiger partial charge in [0.2, 0.25) is 5.91 Å². The van der Waals surface area contributed by atoms with Crippen molar-refractivity contribution in [3.8, 4) is 0 Å². The Morgan fingerprint density at radius 3 is 2.85 bits per heavy atom. The second kappa shape index (κ2) is 5.27. The molecule has 1 heterocycles. The van der Waals surface area contributed by atoms with Gasteiger partial charge in [0.1, 0.15) is 6.61 Å². The van der Waals surface area contributed by atoms with Crippen molar-refractivity contribution in [3.05, 3.63) is 48.7 Å². The van der Waals surface area contributed by atoms with Crippen molar-refractivity contribution in [1.29, 1.82) is 0 Å². The molecule has 3 aromatic rings. The van der Waals surface area contributed by atoms with E-state index in [-0.39, 0.29) is 12.5 Å². The first kappa shape index (κ1) is 12.6. The lowest BCUT2D eigenvalue weighted by atomic mass is 10.1. The van der Waals surface area contributed by atoms with Gasteiger partial charge in [0, 0.05) is 24.1 Å². The fraction of sp³-hybridized carbons (Fsp3) is 0.125. The Bertz CT molecular complexity index is 784. The first-order chi connectivity index (χ1) is 9.79. The van der Waals surface area contributed by atoms with Gasteiger partial charge in [0.15, 0.2) is 0 Å². The summed E-state index contributed by atoms with van der Waals surface area (Å²) in [5.74, 6) is -0.173. The van der Waals surface area contributed by atoms with E-state index in [2.05, 4.69) is 10.3 Å². The van der Waals surface area contributed by atoms with Gasteiger partial charge in [-0.1, -0.05) is 36.4 Å². The summed E-state index contributed by atoms with van der Waals surface area (Å²) in [6, 6.07) is 13.9. The maximum absolute atomic E-state index is 11.7. The van der Waals surface area contributed by atoms with Crippen molar-refractivity contribution in [1.82, 2.24) is 4.98 Å². The van der Waals surface area contributed by atoms with Crippen molar-refractivity contribution >= 4 is 33.3 Å². The molecule has 0 saturated carbocycles. The number of benzene rings is 2. The Morgan fingerprint density at radius 1 is 1.15 bits per heavy atom. The van der Waals surface area contributed by atoms with Crippen molar-refractivity contribution < 1.29 is 9.53 Å². The van der Waals surface area contributed by atoms with Gasteiger partial charge in [-0.15, -0.1) is 0 Å². The number of nitrogens with one attached hydrogen (secondary N) is 1. The van der Waals surface area contributed by atoms with E-state index in [1.807, 2.05) is 36.4 Å². The number of anilines is 1. The lowest BCUT2D eigenvalue weighted by Gasteiger charge is -2.09. The predicted octanol–water partition coefficient (Wildman–Crippen LogP) is 2.97. The summed E-state index contributed by atoms with van der Waals surface area (Å²) in [6.07, 6.45) is 1.71. The average molecular weight is 266 g/mol. The highest BCUT2D eigenvalue weighted by molar-refractivity contribution is 6.11. The van der Waals surface area contributed by atoms with Gasteiger partial charge >= 0.3 is 0 Å². The van der Waals surface area contributed by atoms with Crippen LogP contribution in [0.25, 0.3) is 21.7 Å². The smallest absolute Gasteiger partial charge is 0.250 e. The molecule has 0 bridgehead atoms. The number of pyridine rings is 1. The Balaban J connectivity index is 2.15. The van der Waals surface area contributed by atoms with Gasteiger partial charge in [0.25, 0.3) is 0 Å². The Kier molecular flexibility index (Phi) is 3.31. The molecule has 0 aliphatic heterocycles. The molecule has 100 valence electrons. The van der Waals surface area contributed by atoms with Gasteiger partial charge in [-0.25, -0.2) is 0 Å². The molecular weight excluding hydrogens is 252 g/mol. The number of carbonyl (C=O) groups is 1. The zero-order valence-corrected chi connectivity index (χ0v) is 11.1. The van der Waals surface area contributed by atoms with Crippen molar-refractivity contribution in [2.24, 2.45) is 0 Å². The van der Waals surface area contributed by atoms with Crippen LogP contribution in [0.2, 0.25) is 0 Å². The van der Waals surface area contributed by atoms with E-state index in [1.54, 1.807) is 12.3 Å². The molecule has 0 unspecified atom stereocenters. The van der Waals surface area contributed by atoms with Crippen LogP contribution in [0.4, 0.5) is 5.69 Å². The third-order valence-electron chi connectivity index (χ3n) is 3.19. The molecule has 1 amide bonds. The second-order valence-electron chi connectivity index (χ2n) is 4.52. The number of rotatable bonds is 3. The van der Waals surface area contributed by atoms with Crippen LogP contribution in [0.3, 0.4) is 0 Å². The summed E-state index contributed by atoms with van der Waals surface area (Å²) in [4.78, 5) is 16.1. The maximum Gasteiger partial charge on any atom is 0.250 e. The van der Waals surface area contributed by atoms with E-state index in [0.717, 1.165) is 27.4 Å². The normalized spacial score (nSPS) is 10.8. The summed E-state index contributed by atoms with van der Waals surface area (Å²) in [5, 5.41) is 5.98. The van der Waals surface area contributed by atoms with Crippen LogP contribution in [0.15, 0.2) is 48.7 Å². The molecule has 0 spiro atoms. The van der Waals surface area contributed by atoms with Crippen LogP contribution in [0.1, 0.15) is 0 Å². The molecular formula is C16H14N2O2. The lowest BCUT2D eigenvalue weighted by Crippen LogP contribution is -2.17. The van der Waals surface area contributed by atoms with Gasteiger partial charge < -0.3 is 10.1 Å². The maximum atomic E-state index is 11.7. The number of hydrogen-bond donors (Lipinski definition) is 1. The zero-order valence-electron chi connectivity index (χ0n) is 11.1. The number of fused-ring (bicyclic) bond motifs is 3. The fourth-order valence-electron chi connectivity index (χ4n) is 2.31. The number of carbonyl (C=O) groups excluding carboxylic acids is 1. The lowest BCUT2D eigenvalue weighted by molar-refractivity contribution is -0.119. The number of hydrogen-bond acceptors (Lipinski definition) is 3. The molecule has 20 heavy (non-hydrogen) atoms. The number of amides is 1. The predicted molar refractivity (Wildman–Crippen MR) is 79.8 cm³/mol. The third-order valence-corrected chi connectivity index (χ3v) is 3.19. The molecule has 1 N–H and O–H groups in total. The summed E-state index contributed by atoms with van der Waals surface area (Å²) in [7, 11) is 1.50. The monoisotopic (exact) mass is 266 g/mol. The van der Waals surface area contributed by atoms with Gasteiger partial charge in [-0.3, -0.25) is 9.78 Å². The number of methoxy groups -OCH3 is 1. The fourth-order valence-corrected chi connectivity index (χ4v) is 2.31. The molecule has 0 fully saturated rings. The first-order valence-corrected chi connectivity index (χ1v) is 6.35. The highest BCUT2D eigenvalue weighted by Gasteiger charge is 2.08. The molecule has 4 nitrogen and oxygen atoms in total. The largest absolute Gasteiger partial charge is 0.375 e. The Labute approximate surface area is 116 Å².